The van der Waals surface area contributed by atoms with Crippen LogP contribution >= 0.6 is 0 Å². The Morgan fingerprint density at radius 3 is 2.36 bits per heavy atom. The van der Waals surface area contributed by atoms with Crippen molar-refractivity contribution in [2.45, 2.75) is 4.90 Å². The van der Waals surface area contributed by atoms with E-state index in [0.29, 0.717) is 0 Å². The fraction of sp³-hybridized carbons (Fsp3) is 0. The number of fused-ring (bicyclic) bond motifs is 1. The van der Waals surface area contributed by atoms with Crippen molar-refractivity contribution in [2.75, 3.05) is 0 Å². The number of benzene rings is 2. The second kappa shape index (κ2) is 3.08. The number of hydrogen-bond acceptors (Lipinski definition) is 2. The Labute approximate surface area is 91.6 Å². The summed E-state index contributed by atoms with van der Waals surface area (Å²) in [6, 6.07) is -5.39. The van der Waals surface area contributed by atoms with Gasteiger partial charge in [0, 0.05) is 0 Å². The normalized spacial score (nSPS) is 18.8. The summed E-state index contributed by atoms with van der Waals surface area (Å²) in [6.07, 6.45) is 0. The summed E-state index contributed by atoms with van der Waals surface area (Å²) < 4.78 is 85.1. The zero-order valence-corrected chi connectivity index (χ0v) is 7.49. The molecule has 2 rings (SSSR count). The van der Waals surface area contributed by atoms with E-state index in [1.807, 2.05) is 0 Å². The molecule has 2 aromatic carbocycles. The molecular weight excluding hydrogens is 200 g/mol. The Kier molecular flexibility index (Phi) is 0.879. The van der Waals surface area contributed by atoms with Crippen molar-refractivity contribution in [1.82, 2.24) is 0 Å². The lowest BCUT2D eigenvalue weighted by Gasteiger charge is -1.99. The fourth-order valence-electron chi connectivity index (χ4n) is 0.893. The smallest absolute Gasteiger partial charge is 0.282 e. The van der Waals surface area contributed by atoms with E-state index >= 15 is 0 Å². The molecule has 0 saturated heterocycles. The van der Waals surface area contributed by atoms with Gasteiger partial charge in [0.15, 0.2) is 0 Å². The van der Waals surface area contributed by atoms with Crippen LogP contribution in [0.1, 0.15) is 9.60 Å². The molecule has 2 aromatic rings. The summed E-state index contributed by atoms with van der Waals surface area (Å²) in [4.78, 5) is -1.15. The van der Waals surface area contributed by atoms with Gasteiger partial charge in [0.05, 0.1) is 14.5 Å². The quantitative estimate of drug-likeness (QED) is 0.741. The average molecular weight is 215 g/mol. The van der Waals surface area contributed by atoms with Gasteiger partial charge < -0.3 is 0 Å². The molecular formula is C10H8O3S. The van der Waals surface area contributed by atoms with Crippen LogP contribution in [0, 0.1) is 0 Å². The molecule has 3 nitrogen and oxygen atoms in total. The predicted molar refractivity (Wildman–Crippen MR) is 53.8 cm³/mol. The molecule has 14 heavy (non-hydrogen) atoms. The molecule has 0 bridgehead atoms. The highest BCUT2D eigenvalue weighted by atomic mass is 32.2. The van der Waals surface area contributed by atoms with Crippen molar-refractivity contribution in [3.05, 3.63) is 42.3 Å². The minimum absolute atomic E-state index is 0.427. The first-order valence-corrected chi connectivity index (χ1v) is 4.91. The van der Waals surface area contributed by atoms with Crippen molar-refractivity contribution in [3.8, 4) is 0 Å². The van der Waals surface area contributed by atoms with Gasteiger partial charge in [-0.1, -0.05) is 30.2 Å². The van der Waals surface area contributed by atoms with Crippen molar-refractivity contribution < 1.29 is 22.6 Å². The van der Waals surface area contributed by atoms with Crippen LogP contribution in [-0.2, 0) is 10.1 Å². The van der Waals surface area contributed by atoms with Gasteiger partial charge in [0.1, 0.15) is 0 Å². The summed E-state index contributed by atoms with van der Waals surface area (Å²) in [5, 5.41) is -0.946. The van der Waals surface area contributed by atoms with Crippen molar-refractivity contribution >= 4 is 20.9 Å². The summed E-state index contributed by atoms with van der Waals surface area (Å²) in [5.74, 6) is 0. The maximum atomic E-state index is 11.3. The molecule has 0 aliphatic heterocycles. The Bertz CT molecular complexity index is 892. The Morgan fingerprint density at radius 1 is 1.07 bits per heavy atom. The first kappa shape index (κ1) is 4.00. The van der Waals surface area contributed by atoms with E-state index in [4.69, 9.17) is 14.1 Å². The van der Waals surface area contributed by atoms with Gasteiger partial charge >= 0.3 is 0 Å². The van der Waals surface area contributed by atoms with Crippen LogP contribution in [0.25, 0.3) is 10.8 Å². The molecule has 0 saturated carbocycles. The van der Waals surface area contributed by atoms with Crippen molar-refractivity contribution in [3.63, 3.8) is 0 Å². The second-order valence-corrected chi connectivity index (χ2v) is 3.79. The highest BCUT2D eigenvalue weighted by Gasteiger charge is 2.08. The first-order chi connectivity index (χ1) is 9.50. The lowest BCUT2D eigenvalue weighted by atomic mass is 10.1. The third-order valence-electron chi connectivity index (χ3n) is 1.49. The van der Waals surface area contributed by atoms with Gasteiger partial charge in [-0.15, -0.1) is 0 Å². The molecule has 0 atom stereocenters. The molecule has 1 N–H and O–H groups in total. The highest BCUT2D eigenvalue weighted by molar-refractivity contribution is 7.85. The third kappa shape index (κ3) is 1.62. The van der Waals surface area contributed by atoms with Gasteiger partial charge in [0.25, 0.3) is 10.1 Å². The highest BCUT2D eigenvalue weighted by Crippen LogP contribution is 2.18. The Hall–Kier alpha value is -1.39. The van der Waals surface area contributed by atoms with E-state index in [1.165, 1.54) is 0 Å². The van der Waals surface area contributed by atoms with Crippen LogP contribution in [0.15, 0.2) is 47.2 Å². The monoisotopic (exact) mass is 215 g/mol. The Balaban J connectivity index is 3.27. The Morgan fingerprint density at radius 2 is 1.71 bits per heavy atom. The lowest BCUT2D eigenvalue weighted by molar-refractivity contribution is 0.483. The molecule has 0 spiro atoms. The van der Waals surface area contributed by atoms with Crippen LogP contribution < -0.4 is 0 Å². The summed E-state index contributed by atoms with van der Waals surface area (Å²) in [6.45, 7) is 0. The molecule has 0 radical (unpaired) electrons. The minimum Gasteiger partial charge on any atom is -0.282 e. The molecule has 0 amide bonds. The van der Waals surface area contributed by atoms with E-state index < -0.39 is 68.1 Å². The maximum Gasteiger partial charge on any atom is 0.294 e. The maximum absolute atomic E-state index is 11.3. The first-order valence-electron chi connectivity index (χ1n) is 6.97. The van der Waals surface area contributed by atoms with Crippen LogP contribution in [-0.4, -0.2) is 13.0 Å². The average Bonchev–Trinajstić information content (AvgIpc) is 2.36. The molecule has 0 unspecified atom stereocenters. The van der Waals surface area contributed by atoms with E-state index in [-0.39, 0.29) is 0 Å². The predicted octanol–water partition coefficient (Wildman–Crippen LogP) is 2.09. The second-order valence-electron chi connectivity index (χ2n) is 2.43. The minimum atomic E-state index is -4.98. The molecule has 0 fully saturated rings. The zero-order chi connectivity index (χ0) is 16.3. The third-order valence-corrected chi connectivity index (χ3v) is 2.21. The van der Waals surface area contributed by atoms with E-state index in [2.05, 4.69) is 0 Å². The van der Waals surface area contributed by atoms with Gasteiger partial charge in [-0.2, -0.15) is 8.42 Å². The number of rotatable bonds is 1. The molecule has 0 heterocycles. The van der Waals surface area contributed by atoms with Crippen molar-refractivity contribution in [1.29, 1.82) is 0 Å². The summed E-state index contributed by atoms with van der Waals surface area (Å²) in [5.41, 5.74) is 0. The lowest BCUT2D eigenvalue weighted by Crippen LogP contribution is -1.97. The zero-order valence-electron chi connectivity index (χ0n) is 13.7. The molecule has 0 aromatic heterocycles. The SMILES string of the molecule is [2H]c1c([2H])c([2H])c2c([2H])c(S(=O)(=O)O)c([2H])c([2H])c2c1[2H]. The van der Waals surface area contributed by atoms with Gasteiger partial charge in [-0.05, 0) is 22.9 Å². The summed E-state index contributed by atoms with van der Waals surface area (Å²) >= 11 is 0. The summed E-state index contributed by atoms with van der Waals surface area (Å²) in [7, 11) is -4.98. The molecule has 0 aliphatic rings. The van der Waals surface area contributed by atoms with Crippen LogP contribution in [0.3, 0.4) is 0 Å². The van der Waals surface area contributed by atoms with Crippen LogP contribution in [0.4, 0.5) is 0 Å². The fourth-order valence-corrected chi connectivity index (χ4v) is 1.30. The number of hydrogen-bond donors (Lipinski definition) is 1. The van der Waals surface area contributed by atoms with Crippen molar-refractivity contribution in [2.24, 2.45) is 0 Å². The molecule has 0 aliphatic carbocycles. The van der Waals surface area contributed by atoms with Gasteiger partial charge in [-0.3, -0.25) is 4.55 Å². The molecule has 72 valence electrons. The standard InChI is InChI=1S/C10H8O3S/c11-14(12,13)10-6-5-8-3-1-2-4-9(8)7-10/h1-7H,(H,11,12,13)/i1D,2D,3D,4D,5D,6D,7D. The largest absolute Gasteiger partial charge is 0.294 e. The van der Waals surface area contributed by atoms with Crippen LogP contribution in [0.2, 0.25) is 0 Å². The van der Waals surface area contributed by atoms with E-state index in [0.717, 1.165) is 0 Å². The van der Waals surface area contributed by atoms with Gasteiger partial charge in [0.2, 0.25) is 0 Å². The van der Waals surface area contributed by atoms with Crippen LogP contribution in [0.5, 0.6) is 0 Å². The molecule has 4 heteroatoms. The van der Waals surface area contributed by atoms with E-state index in [9.17, 15) is 8.42 Å². The van der Waals surface area contributed by atoms with Gasteiger partial charge in [-0.25, -0.2) is 0 Å². The topological polar surface area (TPSA) is 54.4 Å². The van der Waals surface area contributed by atoms with E-state index in [1.54, 1.807) is 0 Å².